The number of carboxylic acid groups (broad SMARTS) is 1. The van der Waals surface area contributed by atoms with Gasteiger partial charge in [0, 0.05) is 36.3 Å². The molecule has 0 radical (unpaired) electrons. The van der Waals surface area contributed by atoms with Gasteiger partial charge in [-0.1, -0.05) is 23.8 Å². The Morgan fingerprint density at radius 3 is 2.75 bits per heavy atom. The highest BCUT2D eigenvalue weighted by Crippen LogP contribution is 2.33. The Bertz CT molecular complexity index is 1150. The van der Waals surface area contributed by atoms with E-state index in [0.717, 1.165) is 27.3 Å². The van der Waals surface area contributed by atoms with Crippen LogP contribution in [0.2, 0.25) is 0 Å². The van der Waals surface area contributed by atoms with Crippen LogP contribution in [0.4, 0.5) is 0 Å². The number of nitrogens with one attached hydrogen (secondary N) is 1. The van der Waals surface area contributed by atoms with Gasteiger partial charge in [0.2, 0.25) is 0 Å². The van der Waals surface area contributed by atoms with E-state index in [0.29, 0.717) is 18.4 Å². The van der Waals surface area contributed by atoms with E-state index >= 15 is 0 Å². The summed E-state index contributed by atoms with van der Waals surface area (Å²) in [5, 5.41) is 9.64. The van der Waals surface area contributed by atoms with Crippen molar-refractivity contribution in [2.75, 3.05) is 0 Å². The fourth-order valence-corrected chi connectivity index (χ4v) is 3.91. The van der Waals surface area contributed by atoms with Gasteiger partial charge in [0.1, 0.15) is 10.7 Å². The fraction of sp³-hybridized carbons (Fsp3) is 0.200. The Hall–Kier alpha value is -3.26. The molecule has 0 aliphatic rings. The van der Waals surface area contributed by atoms with Gasteiger partial charge >= 0.3 is 0 Å². The van der Waals surface area contributed by atoms with Gasteiger partial charge in [0.25, 0.3) is 12.0 Å². The minimum absolute atomic E-state index is 0.00807. The first-order valence-electron chi connectivity index (χ1n) is 8.65. The normalized spacial score (nSPS) is 10.5. The number of thiophene rings is 1. The van der Waals surface area contributed by atoms with Gasteiger partial charge in [0.15, 0.2) is 0 Å². The molecule has 3 aromatic heterocycles. The standard InChI is InChI=1S/C19H18N4OS.CH2O2/c1-12-3-4-13(2)14(9-12)15-10-25-18-17(15)19(24)23(11-22-18)8-5-16-20-6-7-21-16;2-1-3/h3-4,6-7,9-11H,5,8H2,1-2H3,(H,20,21);1H,(H,2,3). The number of hydrogen-bond acceptors (Lipinski definition) is 5. The first kappa shape index (κ1) is 19.5. The third-order valence-electron chi connectivity index (χ3n) is 4.39. The monoisotopic (exact) mass is 396 g/mol. The van der Waals surface area contributed by atoms with Crippen molar-refractivity contribution >= 4 is 28.0 Å². The Balaban J connectivity index is 0.000000706. The van der Waals surface area contributed by atoms with Crippen LogP contribution < -0.4 is 5.56 Å². The maximum absolute atomic E-state index is 13.0. The van der Waals surface area contributed by atoms with Crippen LogP contribution in [0.3, 0.4) is 0 Å². The molecule has 4 aromatic rings. The second-order valence-electron chi connectivity index (χ2n) is 6.28. The van der Waals surface area contributed by atoms with Gasteiger partial charge in [-0.3, -0.25) is 14.2 Å². The maximum Gasteiger partial charge on any atom is 0.290 e. The second-order valence-corrected chi connectivity index (χ2v) is 7.14. The average Bonchev–Trinajstić information content (AvgIpc) is 3.34. The van der Waals surface area contributed by atoms with E-state index in [1.54, 1.807) is 23.3 Å². The lowest BCUT2D eigenvalue weighted by Crippen LogP contribution is -2.21. The Morgan fingerprint density at radius 1 is 1.25 bits per heavy atom. The van der Waals surface area contributed by atoms with Gasteiger partial charge in [-0.2, -0.15) is 0 Å². The van der Waals surface area contributed by atoms with E-state index in [2.05, 4.69) is 47.0 Å². The number of aromatic nitrogens is 4. The van der Waals surface area contributed by atoms with Gasteiger partial charge in [-0.15, -0.1) is 11.3 Å². The van der Waals surface area contributed by atoms with Crippen molar-refractivity contribution in [3.05, 3.63) is 69.6 Å². The summed E-state index contributed by atoms with van der Waals surface area (Å²) in [6, 6.07) is 6.32. The topological polar surface area (TPSA) is 101 Å². The summed E-state index contributed by atoms with van der Waals surface area (Å²) >= 11 is 1.52. The fourth-order valence-electron chi connectivity index (χ4n) is 3.01. The zero-order valence-electron chi connectivity index (χ0n) is 15.5. The van der Waals surface area contributed by atoms with E-state index in [9.17, 15) is 4.79 Å². The van der Waals surface area contributed by atoms with Gasteiger partial charge < -0.3 is 10.1 Å². The van der Waals surface area contributed by atoms with Crippen LogP contribution in [0.25, 0.3) is 21.3 Å². The summed E-state index contributed by atoms with van der Waals surface area (Å²) in [7, 11) is 0. The van der Waals surface area contributed by atoms with Crippen molar-refractivity contribution in [1.29, 1.82) is 0 Å². The highest BCUT2D eigenvalue weighted by atomic mass is 32.1. The first-order chi connectivity index (χ1) is 13.5. The molecule has 28 heavy (non-hydrogen) atoms. The summed E-state index contributed by atoms with van der Waals surface area (Å²) in [4.78, 5) is 34.0. The molecule has 0 aliphatic carbocycles. The molecule has 0 saturated carbocycles. The van der Waals surface area contributed by atoms with Crippen LogP contribution in [-0.2, 0) is 17.8 Å². The van der Waals surface area contributed by atoms with Gasteiger partial charge in [-0.25, -0.2) is 9.97 Å². The lowest BCUT2D eigenvalue weighted by molar-refractivity contribution is -0.122. The lowest BCUT2D eigenvalue weighted by Gasteiger charge is -2.08. The number of benzene rings is 1. The molecule has 0 unspecified atom stereocenters. The minimum atomic E-state index is -0.250. The highest BCUT2D eigenvalue weighted by Gasteiger charge is 2.15. The maximum atomic E-state index is 13.0. The van der Waals surface area contributed by atoms with E-state index in [1.165, 1.54) is 16.9 Å². The summed E-state index contributed by atoms with van der Waals surface area (Å²) < 4.78 is 1.67. The van der Waals surface area contributed by atoms with E-state index < -0.39 is 0 Å². The molecular weight excluding hydrogens is 376 g/mol. The molecule has 1 aromatic carbocycles. The molecule has 2 N–H and O–H groups in total. The predicted molar refractivity (Wildman–Crippen MR) is 110 cm³/mol. The minimum Gasteiger partial charge on any atom is -0.483 e. The number of hydrogen-bond donors (Lipinski definition) is 2. The van der Waals surface area contributed by atoms with Crippen molar-refractivity contribution in [3.63, 3.8) is 0 Å². The molecule has 0 atom stereocenters. The number of imidazole rings is 1. The van der Waals surface area contributed by atoms with Gasteiger partial charge in [0.05, 0.1) is 11.7 Å². The smallest absolute Gasteiger partial charge is 0.290 e. The molecule has 0 amide bonds. The van der Waals surface area contributed by atoms with Crippen LogP contribution in [0.1, 0.15) is 17.0 Å². The Labute approximate surface area is 165 Å². The Morgan fingerprint density at radius 2 is 2.04 bits per heavy atom. The summed E-state index contributed by atoms with van der Waals surface area (Å²) in [6.07, 6.45) is 5.81. The number of aryl methyl sites for hydroxylation is 4. The van der Waals surface area contributed by atoms with Crippen molar-refractivity contribution in [3.8, 4) is 11.1 Å². The zero-order chi connectivity index (χ0) is 20.1. The average molecular weight is 396 g/mol. The van der Waals surface area contributed by atoms with Crippen LogP contribution in [0.15, 0.2) is 47.1 Å². The molecule has 4 rings (SSSR count). The summed E-state index contributed by atoms with van der Waals surface area (Å²) in [5.41, 5.74) is 4.44. The number of rotatable bonds is 4. The van der Waals surface area contributed by atoms with E-state index in [-0.39, 0.29) is 12.0 Å². The molecule has 144 valence electrons. The molecule has 0 bridgehead atoms. The molecule has 3 heterocycles. The lowest BCUT2D eigenvalue weighted by atomic mass is 9.99. The van der Waals surface area contributed by atoms with Crippen LogP contribution >= 0.6 is 11.3 Å². The largest absolute Gasteiger partial charge is 0.483 e. The van der Waals surface area contributed by atoms with E-state index in [4.69, 9.17) is 9.90 Å². The summed E-state index contributed by atoms with van der Waals surface area (Å²) in [5.74, 6) is 0.868. The van der Waals surface area contributed by atoms with Crippen molar-refractivity contribution in [2.45, 2.75) is 26.8 Å². The SMILES string of the molecule is Cc1ccc(C)c(-c2csc3ncn(CCc4ncc[nH]4)c(=O)c23)c1.O=CO. The first-order valence-corrected chi connectivity index (χ1v) is 9.53. The Kier molecular flexibility index (Phi) is 6.00. The quantitative estimate of drug-likeness (QED) is 0.515. The zero-order valence-corrected chi connectivity index (χ0v) is 16.4. The predicted octanol–water partition coefficient (Wildman–Crippen LogP) is 3.41. The highest BCUT2D eigenvalue weighted by molar-refractivity contribution is 7.17. The number of aromatic amines is 1. The molecule has 0 fully saturated rings. The van der Waals surface area contributed by atoms with Crippen LogP contribution in [0.5, 0.6) is 0 Å². The van der Waals surface area contributed by atoms with Gasteiger partial charge in [-0.05, 0) is 25.0 Å². The van der Waals surface area contributed by atoms with Crippen molar-refractivity contribution in [1.82, 2.24) is 19.5 Å². The number of nitrogens with zero attached hydrogens (tertiary/aromatic N) is 3. The third-order valence-corrected chi connectivity index (χ3v) is 5.27. The number of fused-ring (bicyclic) bond motifs is 1. The van der Waals surface area contributed by atoms with E-state index in [1.807, 2.05) is 5.38 Å². The number of carbonyl (C=O) groups is 1. The molecule has 7 nitrogen and oxygen atoms in total. The molecule has 8 heteroatoms. The number of H-pyrrole nitrogens is 1. The summed E-state index contributed by atoms with van der Waals surface area (Å²) in [6.45, 7) is 4.44. The van der Waals surface area contributed by atoms with Crippen molar-refractivity contribution in [2.24, 2.45) is 0 Å². The van der Waals surface area contributed by atoms with Crippen LogP contribution in [0, 0.1) is 13.8 Å². The third kappa shape index (κ3) is 4.01. The second kappa shape index (κ2) is 8.62. The molecule has 0 aliphatic heterocycles. The molecular formula is C20H20N4O3S. The van der Waals surface area contributed by atoms with Crippen molar-refractivity contribution < 1.29 is 9.90 Å². The van der Waals surface area contributed by atoms with Crippen LogP contribution in [-0.4, -0.2) is 31.1 Å². The molecule has 0 spiro atoms. The molecule has 0 saturated heterocycles.